The molecule has 38 heavy (non-hydrogen) atoms. The van der Waals surface area contributed by atoms with Crippen LogP contribution in [0.2, 0.25) is 0 Å². The number of aliphatic hydroxyl groups excluding tert-OH is 1. The van der Waals surface area contributed by atoms with Crippen molar-refractivity contribution in [1.82, 2.24) is 24.5 Å². The minimum atomic E-state index is -4.03. The fraction of sp³-hybridized carbons (Fsp3) is 0.370. The van der Waals surface area contributed by atoms with E-state index in [0.29, 0.717) is 47.5 Å². The van der Waals surface area contributed by atoms with E-state index >= 15 is 0 Å². The molecule has 0 amide bonds. The summed E-state index contributed by atoms with van der Waals surface area (Å²) in [6.45, 7) is 4.01. The van der Waals surface area contributed by atoms with Gasteiger partial charge in [-0.2, -0.15) is 5.10 Å². The molecule has 2 aromatic carbocycles. The molecule has 0 aliphatic heterocycles. The predicted octanol–water partition coefficient (Wildman–Crippen LogP) is 2.95. The van der Waals surface area contributed by atoms with E-state index in [2.05, 4.69) is 14.8 Å². The maximum atomic E-state index is 13.4. The van der Waals surface area contributed by atoms with Gasteiger partial charge in [0.25, 0.3) is 5.56 Å². The summed E-state index contributed by atoms with van der Waals surface area (Å²) in [4.78, 5) is 20.5. The molecule has 4 rings (SSSR count). The van der Waals surface area contributed by atoms with E-state index < -0.39 is 16.1 Å². The molecule has 1 unspecified atom stereocenters. The van der Waals surface area contributed by atoms with Gasteiger partial charge in [-0.3, -0.25) is 9.48 Å². The van der Waals surface area contributed by atoms with Gasteiger partial charge in [-0.05, 0) is 43.0 Å². The Labute approximate surface area is 221 Å². The molecular weight excluding hydrogens is 506 g/mol. The first kappa shape index (κ1) is 27.5. The van der Waals surface area contributed by atoms with Gasteiger partial charge in [-0.15, -0.1) is 0 Å². The number of H-pyrrole nitrogens is 1. The molecule has 2 heterocycles. The van der Waals surface area contributed by atoms with Crippen LogP contribution < -0.4 is 15.0 Å². The van der Waals surface area contributed by atoms with Crippen LogP contribution in [0.4, 0.5) is 0 Å². The SMILES string of the molecule is CCCOc1ccc(S(=O)(=O)NC(CO)Cc2ccccc2)cc1-c1nc2c(CCC)nn(C)c2c(=O)[nH]1. The van der Waals surface area contributed by atoms with Crippen molar-refractivity contribution in [3.05, 3.63) is 70.1 Å². The lowest BCUT2D eigenvalue weighted by atomic mass is 10.1. The zero-order valence-corrected chi connectivity index (χ0v) is 22.6. The fourth-order valence-electron chi connectivity index (χ4n) is 4.31. The van der Waals surface area contributed by atoms with Gasteiger partial charge in [0.1, 0.15) is 17.1 Å². The number of hydrogen-bond donors (Lipinski definition) is 3. The van der Waals surface area contributed by atoms with Crippen LogP contribution >= 0.6 is 0 Å². The Morgan fingerprint density at radius 1 is 1.13 bits per heavy atom. The molecule has 2 aromatic heterocycles. The monoisotopic (exact) mass is 539 g/mol. The maximum absolute atomic E-state index is 13.4. The lowest BCUT2D eigenvalue weighted by Gasteiger charge is -2.18. The Balaban J connectivity index is 1.76. The first-order chi connectivity index (χ1) is 18.3. The molecule has 0 saturated carbocycles. The average molecular weight is 540 g/mol. The van der Waals surface area contributed by atoms with Gasteiger partial charge in [0.15, 0.2) is 5.52 Å². The van der Waals surface area contributed by atoms with Crippen LogP contribution in [0.5, 0.6) is 5.75 Å². The summed E-state index contributed by atoms with van der Waals surface area (Å²) in [5, 5.41) is 14.3. The third-order valence-corrected chi connectivity index (χ3v) is 7.61. The summed E-state index contributed by atoms with van der Waals surface area (Å²) >= 11 is 0. The molecular formula is C27H33N5O5S. The number of nitrogens with zero attached hydrogens (tertiary/aromatic N) is 3. The summed E-state index contributed by atoms with van der Waals surface area (Å²) < 4.78 is 36.7. The number of fused-ring (bicyclic) bond motifs is 1. The highest BCUT2D eigenvalue weighted by atomic mass is 32.2. The number of nitrogens with one attached hydrogen (secondary N) is 2. The Morgan fingerprint density at radius 2 is 1.89 bits per heavy atom. The second kappa shape index (κ2) is 11.9. The van der Waals surface area contributed by atoms with Crippen LogP contribution in [0.15, 0.2) is 58.2 Å². The van der Waals surface area contributed by atoms with Gasteiger partial charge < -0.3 is 14.8 Å². The lowest BCUT2D eigenvalue weighted by molar-refractivity contribution is 0.256. The molecule has 0 saturated heterocycles. The van der Waals surface area contributed by atoms with Gasteiger partial charge in [-0.25, -0.2) is 18.1 Å². The van der Waals surface area contributed by atoms with Crippen LogP contribution in [-0.4, -0.2) is 52.5 Å². The molecule has 0 spiro atoms. The van der Waals surface area contributed by atoms with Gasteiger partial charge in [0, 0.05) is 13.1 Å². The van der Waals surface area contributed by atoms with Crippen molar-refractivity contribution < 1.29 is 18.3 Å². The van der Waals surface area contributed by atoms with Crippen LogP contribution in [0.1, 0.15) is 37.9 Å². The van der Waals surface area contributed by atoms with Crippen molar-refractivity contribution >= 4 is 21.1 Å². The number of ether oxygens (including phenoxy) is 1. The highest BCUT2D eigenvalue weighted by Crippen LogP contribution is 2.31. The average Bonchev–Trinajstić information content (AvgIpc) is 3.22. The summed E-state index contributed by atoms with van der Waals surface area (Å²) in [5.74, 6) is 0.594. The summed E-state index contributed by atoms with van der Waals surface area (Å²) in [7, 11) is -2.33. The number of rotatable bonds is 12. The maximum Gasteiger partial charge on any atom is 0.277 e. The topological polar surface area (TPSA) is 139 Å². The van der Waals surface area contributed by atoms with Gasteiger partial charge >= 0.3 is 0 Å². The summed E-state index contributed by atoms with van der Waals surface area (Å²) in [6, 6.07) is 13.1. The van der Waals surface area contributed by atoms with Crippen molar-refractivity contribution in [2.75, 3.05) is 13.2 Å². The van der Waals surface area contributed by atoms with Gasteiger partial charge in [0.05, 0.1) is 29.4 Å². The summed E-state index contributed by atoms with van der Waals surface area (Å²) in [5.41, 5.74) is 2.39. The third-order valence-electron chi connectivity index (χ3n) is 6.09. The second-order valence-corrected chi connectivity index (χ2v) is 10.8. The Bertz CT molecular complexity index is 1560. The molecule has 202 valence electrons. The van der Waals surface area contributed by atoms with E-state index in [1.165, 1.54) is 16.8 Å². The quantitative estimate of drug-likeness (QED) is 0.252. The number of hydrogen-bond acceptors (Lipinski definition) is 7. The molecule has 11 heteroatoms. The fourth-order valence-corrected chi connectivity index (χ4v) is 5.56. The molecule has 0 radical (unpaired) electrons. The number of aliphatic hydroxyl groups is 1. The van der Waals surface area contributed by atoms with E-state index in [9.17, 15) is 18.3 Å². The predicted molar refractivity (Wildman–Crippen MR) is 146 cm³/mol. The molecule has 0 aliphatic rings. The normalized spacial score (nSPS) is 12.6. The molecule has 10 nitrogen and oxygen atoms in total. The van der Waals surface area contributed by atoms with Crippen LogP contribution in [-0.2, 0) is 29.9 Å². The van der Waals surface area contributed by atoms with E-state index in [1.807, 2.05) is 44.2 Å². The van der Waals surface area contributed by atoms with Gasteiger partial charge in [-0.1, -0.05) is 50.6 Å². The molecule has 3 N–H and O–H groups in total. The Hall–Kier alpha value is -3.54. The molecule has 0 fully saturated rings. The minimum absolute atomic E-state index is 0.0365. The van der Waals surface area contributed by atoms with E-state index in [-0.39, 0.29) is 22.9 Å². The number of aromatic nitrogens is 4. The van der Waals surface area contributed by atoms with E-state index in [4.69, 9.17) is 9.72 Å². The number of aryl methyl sites for hydroxylation is 2. The highest BCUT2D eigenvalue weighted by molar-refractivity contribution is 7.89. The van der Waals surface area contributed by atoms with Crippen LogP contribution in [0, 0.1) is 0 Å². The zero-order chi connectivity index (χ0) is 27.3. The lowest BCUT2D eigenvalue weighted by Crippen LogP contribution is -2.39. The molecule has 1 atom stereocenters. The number of benzene rings is 2. The molecule has 0 bridgehead atoms. The van der Waals surface area contributed by atoms with Crippen molar-refractivity contribution in [2.45, 2.75) is 50.5 Å². The molecule has 0 aliphatic carbocycles. The summed E-state index contributed by atoms with van der Waals surface area (Å²) in [6.07, 6.45) is 2.54. The van der Waals surface area contributed by atoms with E-state index in [1.54, 1.807) is 13.1 Å². The standard InChI is InChI=1S/C27H33N5O5S/c1-4-9-22-24-25(32(3)30-22)27(34)29-26(28-24)21-16-20(12-13-23(21)37-14-5-2)38(35,36)31-19(17-33)15-18-10-7-6-8-11-18/h6-8,10-13,16,19,31,33H,4-5,9,14-15,17H2,1-3H3,(H,28,29,34). The third kappa shape index (κ3) is 5.95. The highest BCUT2D eigenvalue weighted by Gasteiger charge is 2.24. The Kier molecular flexibility index (Phi) is 8.60. The van der Waals surface area contributed by atoms with Crippen molar-refractivity contribution in [3.8, 4) is 17.1 Å². The molecule has 4 aromatic rings. The van der Waals surface area contributed by atoms with Crippen LogP contribution in [0.3, 0.4) is 0 Å². The Morgan fingerprint density at radius 3 is 2.58 bits per heavy atom. The first-order valence-electron chi connectivity index (χ1n) is 12.7. The zero-order valence-electron chi connectivity index (χ0n) is 21.8. The first-order valence-corrected chi connectivity index (χ1v) is 14.2. The van der Waals surface area contributed by atoms with Crippen molar-refractivity contribution in [3.63, 3.8) is 0 Å². The van der Waals surface area contributed by atoms with Crippen molar-refractivity contribution in [1.29, 1.82) is 0 Å². The van der Waals surface area contributed by atoms with Gasteiger partial charge in [0.2, 0.25) is 10.0 Å². The van der Waals surface area contributed by atoms with E-state index in [0.717, 1.165) is 18.4 Å². The second-order valence-electron chi connectivity index (χ2n) is 9.13. The number of aromatic amines is 1. The largest absolute Gasteiger partial charge is 0.493 e. The minimum Gasteiger partial charge on any atom is -0.493 e. The number of sulfonamides is 1. The van der Waals surface area contributed by atoms with Crippen LogP contribution in [0.25, 0.3) is 22.4 Å². The smallest absolute Gasteiger partial charge is 0.277 e. The van der Waals surface area contributed by atoms with Crippen molar-refractivity contribution in [2.24, 2.45) is 7.05 Å².